The van der Waals surface area contributed by atoms with Crippen LogP contribution in [0.5, 0.6) is 11.6 Å². The Morgan fingerprint density at radius 1 is 1.08 bits per heavy atom. The Bertz CT molecular complexity index is 744. The minimum atomic E-state index is 0.00881. The number of phenolic OH excluding ortho intramolecular Hbond substituents is 1. The normalized spacial score (nSPS) is 19.6. The monoisotopic (exact) mass is 361 g/mol. The van der Waals surface area contributed by atoms with Gasteiger partial charge >= 0.3 is 0 Å². The third-order valence-corrected chi connectivity index (χ3v) is 4.55. The Labute approximate surface area is 153 Å². The second-order valence-electron chi connectivity index (χ2n) is 7.96. The molecule has 0 unspecified atom stereocenters. The molecule has 1 fully saturated rings. The van der Waals surface area contributed by atoms with Crippen molar-refractivity contribution < 1.29 is 9.84 Å². The van der Waals surface area contributed by atoms with Crippen LogP contribution in [0.15, 0.2) is 30.3 Å². The van der Waals surface area contributed by atoms with Crippen LogP contribution < -0.4 is 10.1 Å². The molecule has 2 N–H and O–H groups in total. The number of rotatable bonds is 3. The van der Waals surface area contributed by atoms with Gasteiger partial charge < -0.3 is 15.2 Å². The van der Waals surface area contributed by atoms with Crippen molar-refractivity contribution in [3.63, 3.8) is 0 Å². The third-order valence-electron chi connectivity index (χ3n) is 4.32. The molecule has 1 aliphatic heterocycles. The highest BCUT2D eigenvalue weighted by Gasteiger charge is 2.38. The quantitative estimate of drug-likeness (QED) is 0.857. The number of nitrogens with one attached hydrogen (secondary N) is 1. The van der Waals surface area contributed by atoms with Gasteiger partial charge in [0.1, 0.15) is 11.9 Å². The average Bonchev–Trinajstić information content (AvgIpc) is 2.45. The van der Waals surface area contributed by atoms with Crippen molar-refractivity contribution in [3.05, 3.63) is 35.4 Å². The van der Waals surface area contributed by atoms with Crippen LogP contribution >= 0.6 is 11.6 Å². The van der Waals surface area contributed by atoms with Crippen molar-refractivity contribution in [2.24, 2.45) is 0 Å². The molecule has 0 bridgehead atoms. The molecule has 0 saturated carbocycles. The van der Waals surface area contributed by atoms with E-state index >= 15 is 0 Å². The second kappa shape index (κ2) is 6.46. The molecule has 5 nitrogen and oxygen atoms in total. The van der Waals surface area contributed by atoms with E-state index < -0.39 is 0 Å². The predicted octanol–water partition coefficient (Wildman–Crippen LogP) is 4.19. The number of benzene rings is 1. The lowest BCUT2D eigenvalue weighted by Crippen LogP contribution is -2.60. The van der Waals surface area contributed by atoms with Gasteiger partial charge in [-0.1, -0.05) is 11.6 Å². The summed E-state index contributed by atoms with van der Waals surface area (Å²) in [6, 6.07) is 8.51. The Morgan fingerprint density at radius 3 is 2.32 bits per heavy atom. The van der Waals surface area contributed by atoms with Gasteiger partial charge in [-0.2, -0.15) is 0 Å². The molecule has 25 heavy (non-hydrogen) atoms. The second-order valence-corrected chi connectivity index (χ2v) is 8.40. The molecule has 0 amide bonds. The molecule has 1 aromatic carbocycles. The van der Waals surface area contributed by atoms with E-state index in [1.165, 1.54) is 6.07 Å². The Kier molecular flexibility index (Phi) is 4.64. The summed E-state index contributed by atoms with van der Waals surface area (Å²) >= 11 is 5.86. The number of aromatic hydroxyl groups is 1. The summed E-state index contributed by atoms with van der Waals surface area (Å²) in [5.41, 5.74) is 1.18. The summed E-state index contributed by atoms with van der Waals surface area (Å²) in [6.45, 7) is 8.73. The highest BCUT2D eigenvalue weighted by atomic mass is 35.5. The number of aromatic nitrogens is 2. The zero-order valence-electron chi connectivity index (χ0n) is 15.0. The zero-order valence-corrected chi connectivity index (χ0v) is 15.8. The van der Waals surface area contributed by atoms with Gasteiger partial charge in [0.05, 0.1) is 5.69 Å². The summed E-state index contributed by atoms with van der Waals surface area (Å²) in [6.07, 6.45) is 1.88. The fourth-order valence-electron chi connectivity index (χ4n) is 3.73. The van der Waals surface area contributed by atoms with Crippen molar-refractivity contribution in [2.75, 3.05) is 0 Å². The Morgan fingerprint density at radius 2 is 1.76 bits per heavy atom. The number of halogens is 1. The smallest absolute Gasteiger partial charge is 0.233 e. The summed E-state index contributed by atoms with van der Waals surface area (Å²) in [5, 5.41) is 22.5. The van der Waals surface area contributed by atoms with E-state index in [9.17, 15) is 5.11 Å². The van der Waals surface area contributed by atoms with Crippen LogP contribution in [0, 0.1) is 0 Å². The lowest BCUT2D eigenvalue weighted by atomic mass is 9.81. The fourth-order valence-corrected chi connectivity index (χ4v) is 3.90. The first-order valence-corrected chi connectivity index (χ1v) is 8.80. The highest BCUT2D eigenvalue weighted by molar-refractivity contribution is 6.30. The highest BCUT2D eigenvalue weighted by Crippen LogP contribution is 2.32. The van der Waals surface area contributed by atoms with E-state index in [1.807, 2.05) is 0 Å². The van der Waals surface area contributed by atoms with Crippen molar-refractivity contribution in [2.45, 2.75) is 57.7 Å². The van der Waals surface area contributed by atoms with E-state index in [0.29, 0.717) is 22.2 Å². The molecule has 6 heteroatoms. The molecule has 2 heterocycles. The first kappa shape index (κ1) is 18.0. The summed E-state index contributed by atoms with van der Waals surface area (Å²) in [7, 11) is 0. The molecule has 0 aliphatic carbocycles. The SMILES string of the molecule is CC1(C)CC(Oc2ccc(-c3ccc(Cl)cc3O)nn2)CC(C)(C)N1. The lowest BCUT2D eigenvalue weighted by molar-refractivity contribution is 0.0524. The average molecular weight is 362 g/mol. The number of hydrogen-bond acceptors (Lipinski definition) is 5. The molecule has 2 aromatic rings. The van der Waals surface area contributed by atoms with Crippen molar-refractivity contribution in [1.29, 1.82) is 0 Å². The van der Waals surface area contributed by atoms with Crippen LogP contribution in [0.4, 0.5) is 0 Å². The van der Waals surface area contributed by atoms with Gasteiger partial charge in [0, 0.05) is 40.6 Å². The minimum Gasteiger partial charge on any atom is -0.507 e. The third kappa shape index (κ3) is 4.41. The van der Waals surface area contributed by atoms with E-state index in [1.54, 1.807) is 24.3 Å². The standard InChI is InChI=1S/C19H24ClN3O2/c1-18(2)10-13(11-19(3,4)23-18)25-17-8-7-15(21-22-17)14-6-5-12(20)9-16(14)24/h5-9,13,23-24H,10-11H2,1-4H3. The maximum Gasteiger partial charge on any atom is 0.233 e. The van der Waals surface area contributed by atoms with Crippen LogP contribution in [-0.2, 0) is 0 Å². The Balaban J connectivity index is 1.74. The largest absolute Gasteiger partial charge is 0.507 e. The van der Waals surface area contributed by atoms with E-state index in [4.69, 9.17) is 16.3 Å². The van der Waals surface area contributed by atoms with Gasteiger partial charge in [0.2, 0.25) is 5.88 Å². The number of phenols is 1. The van der Waals surface area contributed by atoms with Crippen LogP contribution in [0.3, 0.4) is 0 Å². The van der Waals surface area contributed by atoms with Gasteiger partial charge in [0.25, 0.3) is 0 Å². The van der Waals surface area contributed by atoms with E-state index in [2.05, 4.69) is 43.2 Å². The molecule has 3 rings (SSSR count). The summed E-state index contributed by atoms with van der Waals surface area (Å²) in [4.78, 5) is 0. The van der Waals surface area contributed by atoms with Crippen molar-refractivity contribution in [1.82, 2.24) is 15.5 Å². The maximum atomic E-state index is 10.00. The van der Waals surface area contributed by atoms with Crippen LogP contribution in [0.1, 0.15) is 40.5 Å². The molecule has 1 aromatic heterocycles. The van der Waals surface area contributed by atoms with Crippen molar-refractivity contribution >= 4 is 11.6 Å². The summed E-state index contributed by atoms with van der Waals surface area (Å²) in [5.74, 6) is 0.577. The first-order valence-electron chi connectivity index (χ1n) is 8.42. The van der Waals surface area contributed by atoms with Gasteiger partial charge in [-0.25, -0.2) is 0 Å². The maximum absolute atomic E-state index is 10.00. The van der Waals surface area contributed by atoms with Gasteiger partial charge in [-0.3, -0.25) is 0 Å². The van der Waals surface area contributed by atoms with E-state index in [0.717, 1.165) is 12.8 Å². The topological polar surface area (TPSA) is 67.3 Å². The van der Waals surface area contributed by atoms with E-state index in [-0.39, 0.29) is 22.9 Å². The number of ether oxygens (including phenoxy) is 1. The minimum absolute atomic E-state index is 0.00881. The van der Waals surface area contributed by atoms with Crippen LogP contribution in [0.25, 0.3) is 11.3 Å². The number of piperidine rings is 1. The lowest BCUT2D eigenvalue weighted by Gasteiger charge is -2.46. The fraction of sp³-hybridized carbons (Fsp3) is 0.474. The molecular weight excluding hydrogens is 338 g/mol. The number of nitrogens with zero attached hydrogens (tertiary/aromatic N) is 2. The van der Waals surface area contributed by atoms with Gasteiger partial charge in [0.15, 0.2) is 0 Å². The van der Waals surface area contributed by atoms with Gasteiger partial charge in [-0.15, -0.1) is 10.2 Å². The Hall–Kier alpha value is -1.85. The zero-order chi connectivity index (χ0) is 18.2. The molecule has 0 atom stereocenters. The van der Waals surface area contributed by atoms with Crippen molar-refractivity contribution in [3.8, 4) is 22.9 Å². The first-order chi connectivity index (χ1) is 11.6. The molecule has 134 valence electrons. The van der Waals surface area contributed by atoms with Crippen LogP contribution in [-0.4, -0.2) is 32.5 Å². The molecule has 1 aliphatic rings. The molecule has 0 radical (unpaired) electrons. The molecule has 0 spiro atoms. The molecular formula is C19H24ClN3O2. The number of hydrogen-bond donors (Lipinski definition) is 2. The van der Waals surface area contributed by atoms with Crippen LogP contribution in [0.2, 0.25) is 5.02 Å². The summed E-state index contributed by atoms with van der Waals surface area (Å²) < 4.78 is 6.07. The molecule has 1 saturated heterocycles. The predicted molar refractivity (Wildman–Crippen MR) is 99.1 cm³/mol. The van der Waals surface area contributed by atoms with Gasteiger partial charge in [-0.05, 0) is 52.0 Å².